The van der Waals surface area contributed by atoms with Gasteiger partial charge in [0, 0.05) is 20.2 Å². The number of nitrogen functional groups attached to an aromatic ring is 1. The highest BCUT2D eigenvalue weighted by Gasteiger charge is 2.11. The lowest BCUT2D eigenvalue weighted by molar-refractivity contribution is 0.102. The van der Waals surface area contributed by atoms with Crippen LogP contribution in [0.15, 0.2) is 45.3 Å². The molecule has 0 spiro atoms. The molecule has 2 aromatic carbocycles. The van der Waals surface area contributed by atoms with E-state index in [2.05, 4.69) is 37.2 Å². The van der Waals surface area contributed by atoms with Gasteiger partial charge in [0.15, 0.2) is 0 Å². The highest BCUT2D eigenvalue weighted by molar-refractivity contribution is 9.11. The molecule has 0 aliphatic rings. The van der Waals surface area contributed by atoms with Crippen molar-refractivity contribution in [1.82, 2.24) is 0 Å². The molecule has 0 aromatic heterocycles. The molecule has 5 heteroatoms. The average Bonchev–Trinajstić information content (AvgIpc) is 2.36. The van der Waals surface area contributed by atoms with Crippen LogP contribution in [0.2, 0.25) is 0 Å². The summed E-state index contributed by atoms with van der Waals surface area (Å²) in [6, 6.07) is 10.9. The number of benzene rings is 2. The van der Waals surface area contributed by atoms with Crippen molar-refractivity contribution in [3.8, 4) is 0 Å². The summed E-state index contributed by atoms with van der Waals surface area (Å²) in [5.74, 6) is -0.177. The van der Waals surface area contributed by atoms with Gasteiger partial charge in [-0.05, 0) is 58.7 Å². The normalized spacial score (nSPS) is 10.3. The molecule has 1 amide bonds. The van der Waals surface area contributed by atoms with Gasteiger partial charge in [-0.25, -0.2) is 0 Å². The van der Waals surface area contributed by atoms with Gasteiger partial charge in [-0.2, -0.15) is 0 Å². The number of amides is 1. The average molecular weight is 384 g/mol. The predicted molar refractivity (Wildman–Crippen MR) is 85.4 cm³/mol. The first-order valence-electron chi connectivity index (χ1n) is 5.60. The highest BCUT2D eigenvalue weighted by atomic mass is 79.9. The Kier molecular flexibility index (Phi) is 4.27. The Bertz CT molecular complexity index is 641. The van der Waals surface area contributed by atoms with Crippen LogP contribution in [-0.4, -0.2) is 5.91 Å². The molecular weight excluding hydrogens is 372 g/mol. The van der Waals surface area contributed by atoms with Gasteiger partial charge in [0.1, 0.15) is 0 Å². The second-order valence-corrected chi connectivity index (χ2v) is 5.92. The van der Waals surface area contributed by atoms with E-state index >= 15 is 0 Å². The van der Waals surface area contributed by atoms with E-state index in [0.29, 0.717) is 16.9 Å². The lowest BCUT2D eigenvalue weighted by Gasteiger charge is -2.10. The van der Waals surface area contributed by atoms with E-state index in [1.165, 1.54) is 0 Å². The van der Waals surface area contributed by atoms with E-state index in [9.17, 15) is 4.79 Å². The molecule has 98 valence electrons. The minimum Gasteiger partial charge on any atom is -0.399 e. The van der Waals surface area contributed by atoms with Crippen LogP contribution in [0.4, 0.5) is 11.4 Å². The maximum atomic E-state index is 12.2. The molecule has 0 aliphatic carbocycles. The van der Waals surface area contributed by atoms with Crippen molar-refractivity contribution in [3.05, 3.63) is 56.5 Å². The molecule has 0 unspecified atom stereocenters. The zero-order valence-corrected chi connectivity index (χ0v) is 13.4. The Morgan fingerprint density at radius 3 is 2.63 bits per heavy atom. The van der Waals surface area contributed by atoms with E-state index in [1.54, 1.807) is 12.1 Å². The summed E-state index contributed by atoms with van der Waals surface area (Å²) < 4.78 is 1.72. The molecule has 0 fully saturated rings. The molecule has 3 nitrogen and oxygen atoms in total. The first-order chi connectivity index (χ1) is 8.97. The van der Waals surface area contributed by atoms with Gasteiger partial charge < -0.3 is 11.1 Å². The number of hydrogen-bond acceptors (Lipinski definition) is 2. The summed E-state index contributed by atoms with van der Waals surface area (Å²) in [4.78, 5) is 12.2. The fourth-order valence-corrected chi connectivity index (χ4v) is 2.37. The number of rotatable bonds is 2. The number of anilines is 2. The standard InChI is InChI=1S/C14H12Br2N2O/c1-8-2-4-10(17)7-11(8)14(19)18-13-6-9(15)3-5-12(13)16/h2-7H,17H2,1H3,(H,18,19). The van der Waals surface area contributed by atoms with Crippen molar-refractivity contribution in [2.24, 2.45) is 0 Å². The van der Waals surface area contributed by atoms with Crippen molar-refractivity contribution in [3.63, 3.8) is 0 Å². The van der Waals surface area contributed by atoms with Crippen LogP contribution >= 0.6 is 31.9 Å². The number of hydrogen-bond donors (Lipinski definition) is 2. The van der Waals surface area contributed by atoms with Crippen LogP contribution in [0.5, 0.6) is 0 Å². The molecule has 0 saturated heterocycles. The second-order valence-electron chi connectivity index (χ2n) is 4.15. The highest BCUT2D eigenvalue weighted by Crippen LogP contribution is 2.27. The Labute approximate surface area is 128 Å². The largest absolute Gasteiger partial charge is 0.399 e. The molecule has 19 heavy (non-hydrogen) atoms. The lowest BCUT2D eigenvalue weighted by Crippen LogP contribution is -2.14. The third-order valence-electron chi connectivity index (χ3n) is 2.68. The van der Waals surface area contributed by atoms with E-state index in [4.69, 9.17) is 5.73 Å². The van der Waals surface area contributed by atoms with Crippen molar-refractivity contribution in [2.75, 3.05) is 11.1 Å². The summed E-state index contributed by atoms with van der Waals surface area (Å²) in [7, 11) is 0. The number of halogens is 2. The van der Waals surface area contributed by atoms with Gasteiger partial charge in [0.2, 0.25) is 0 Å². The Morgan fingerprint density at radius 2 is 1.89 bits per heavy atom. The van der Waals surface area contributed by atoms with Crippen molar-refractivity contribution in [2.45, 2.75) is 6.92 Å². The van der Waals surface area contributed by atoms with E-state index < -0.39 is 0 Å². The van der Waals surface area contributed by atoms with Crippen LogP contribution in [0.3, 0.4) is 0 Å². The van der Waals surface area contributed by atoms with E-state index in [-0.39, 0.29) is 5.91 Å². The zero-order valence-electron chi connectivity index (χ0n) is 10.2. The van der Waals surface area contributed by atoms with Crippen LogP contribution in [0.1, 0.15) is 15.9 Å². The number of carbonyl (C=O) groups is 1. The zero-order chi connectivity index (χ0) is 14.0. The summed E-state index contributed by atoms with van der Waals surface area (Å²) in [6.45, 7) is 1.88. The Balaban J connectivity index is 2.30. The number of carbonyl (C=O) groups excluding carboxylic acids is 1. The molecule has 3 N–H and O–H groups in total. The first-order valence-corrected chi connectivity index (χ1v) is 7.18. The van der Waals surface area contributed by atoms with Gasteiger partial charge in [-0.15, -0.1) is 0 Å². The fourth-order valence-electron chi connectivity index (χ4n) is 1.67. The minimum absolute atomic E-state index is 0.177. The Hall–Kier alpha value is -1.33. The first kappa shape index (κ1) is 14.1. The van der Waals surface area contributed by atoms with Crippen molar-refractivity contribution >= 4 is 49.1 Å². The van der Waals surface area contributed by atoms with Crippen LogP contribution in [-0.2, 0) is 0 Å². The van der Waals surface area contributed by atoms with E-state index in [1.807, 2.05) is 31.2 Å². The minimum atomic E-state index is -0.177. The lowest BCUT2D eigenvalue weighted by atomic mass is 10.1. The molecule has 0 heterocycles. The second kappa shape index (κ2) is 5.75. The smallest absolute Gasteiger partial charge is 0.256 e. The monoisotopic (exact) mass is 382 g/mol. The van der Waals surface area contributed by atoms with Gasteiger partial charge in [0.05, 0.1) is 5.69 Å². The summed E-state index contributed by atoms with van der Waals surface area (Å²) >= 11 is 6.78. The molecule has 0 saturated carbocycles. The molecule has 0 radical (unpaired) electrons. The third kappa shape index (κ3) is 3.36. The predicted octanol–water partition coefficient (Wildman–Crippen LogP) is 4.35. The number of nitrogens with two attached hydrogens (primary N) is 1. The summed E-state index contributed by atoms with van der Waals surface area (Å²) in [6.07, 6.45) is 0. The summed E-state index contributed by atoms with van der Waals surface area (Å²) in [5.41, 5.74) is 8.46. The number of aryl methyl sites for hydroxylation is 1. The number of nitrogens with one attached hydrogen (secondary N) is 1. The fraction of sp³-hybridized carbons (Fsp3) is 0.0714. The van der Waals surface area contributed by atoms with Crippen LogP contribution in [0.25, 0.3) is 0 Å². The SMILES string of the molecule is Cc1ccc(N)cc1C(=O)Nc1cc(Br)ccc1Br. The van der Waals surface area contributed by atoms with Gasteiger partial charge in [-0.1, -0.05) is 22.0 Å². The topological polar surface area (TPSA) is 55.1 Å². The van der Waals surface area contributed by atoms with Gasteiger partial charge in [0.25, 0.3) is 5.91 Å². The van der Waals surface area contributed by atoms with Crippen LogP contribution in [0, 0.1) is 6.92 Å². The van der Waals surface area contributed by atoms with Crippen LogP contribution < -0.4 is 11.1 Å². The van der Waals surface area contributed by atoms with Gasteiger partial charge in [-0.3, -0.25) is 4.79 Å². The molecule has 0 atom stereocenters. The van der Waals surface area contributed by atoms with Gasteiger partial charge >= 0.3 is 0 Å². The Morgan fingerprint density at radius 1 is 1.16 bits per heavy atom. The summed E-state index contributed by atoms with van der Waals surface area (Å²) in [5, 5.41) is 2.86. The third-order valence-corrected chi connectivity index (χ3v) is 3.87. The van der Waals surface area contributed by atoms with E-state index in [0.717, 1.165) is 14.5 Å². The maximum absolute atomic E-state index is 12.2. The molecule has 2 aromatic rings. The molecule has 0 aliphatic heterocycles. The molecule has 2 rings (SSSR count). The molecular formula is C14H12Br2N2O. The molecule has 0 bridgehead atoms. The van der Waals surface area contributed by atoms with Crippen molar-refractivity contribution < 1.29 is 4.79 Å². The maximum Gasteiger partial charge on any atom is 0.256 e. The van der Waals surface area contributed by atoms with Crippen molar-refractivity contribution in [1.29, 1.82) is 0 Å². The quantitative estimate of drug-likeness (QED) is 0.757.